The Morgan fingerprint density at radius 1 is 1.44 bits per heavy atom. The van der Waals surface area contributed by atoms with Crippen LogP contribution in [0.5, 0.6) is 0 Å². The van der Waals surface area contributed by atoms with Gasteiger partial charge in [0.2, 0.25) is 0 Å². The smallest absolute Gasteiger partial charge is 0.288 e. The summed E-state index contributed by atoms with van der Waals surface area (Å²) in [4.78, 5) is 10.3. The number of nitrogens with one attached hydrogen (secondary N) is 1. The van der Waals surface area contributed by atoms with Gasteiger partial charge in [-0.05, 0) is 30.9 Å². The molecule has 5 heteroatoms. The Labute approximate surface area is 111 Å². The Kier molecular flexibility index (Phi) is 4.33. The van der Waals surface area contributed by atoms with Gasteiger partial charge in [-0.25, -0.2) is 0 Å². The Bertz CT molecular complexity index is 474. The molecule has 1 unspecified atom stereocenters. The van der Waals surface area contributed by atoms with Crippen molar-refractivity contribution in [1.82, 2.24) is 5.32 Å². The van der Waals surface area contributed by atoms with Gasteiger partial charge in [-0.3, -0.25) is 10.1 Å². The van der Waals surface area contributed by atoms with Gasteiger partial charge in [-0.2, -0.15) is 0 Å². The number of hydrogen-bond acceptors (Lipinski definition) is 3. The van der Waals surface area contributed by atoms with E-state index in [1.165, 1.54) is 6.07 Å². The minimum Gasteiger partial charge on any atom is -0.310 e. The largest absolute Gasteiger partial charge is 0.310 e. The molecule has 1 aliphatic rings. The van der Waals surface area contributed by atoms with Crippen LogP contribution in [0.1, 0.15) is 24.8 Å². The molecule has 1 aromatic carbocycles. The van der Waals surface area contributed by atoms with Crippen molar-refractivity contribution in [2.45, 2.75) is 31.8 Å². The number of halogens is 1. The minimum atomic E-state index is -0.449. The van der Waals surface area contributed by atoms with Crippen LogP contribution in [0.25, 0.3) is 0 Å². The van der Waals surface area contributed by atoms with E-state index in [4.69, 9.17) is 11.6 Å². The second-order valence-corrected chi connectivity index (χ2v) is 4.81. The predicted octanol–water partition coefficient (Wildman–Crippen LogP) is 3.45. The zero-order valence-corrected chi connectivity index (χ0v) is 10.7. The molecule has 0 fully saturated rings. The summed E-state index contributed by atoms with van der Waals surface area (Å²) >= 11 is 5.77. The molecule has 2 rings (SSSR count). The first-order valence-corrected chi connectivity index (χ1v) is 6.36. The highest BCUT2D eigenvalue weighted by Gasteiger charge is 2.14. The van der Waals surface area contributed by atoms with Crippen LogP contribution >= 0.6 is 11.6 Å². The van der Waals surface area contributed by atoms with Gasteiger partial charge in [-0.15, -0.1) is 0 Å². The summed E-state index contributed by atoms with van der Waals surface area (Å²) in [6.07, 6.45) is 7.59. The maximum atomic E-state index is 10.8. The predicted molar refractivity (Wildman–Crippen MR) is 71.7 cm³/mol. The fraction of sp³-hybridized carbons (Fsp3) is 0.385. The van der Waals surface area contributed by atoms with Gasteiger partial charge in [0, 0.05) is 18.7 Å². The van der Waals surface area contributed by atoms with Crippen LogP contribution in [0.4, 0.5) is 5.69 Å². The molecule has 0 bridgehead atoms. The van der Waals surface area contributed by atoms with E-state index in [1.807, 2.05) is 6.07 Å². The molecule has 0 spiro atoms. The van der Waals surface area contributed by atoms with E-state index >= 15 is 0 Å². The summed E-state index contributed by atoms with van der Waals surface area (Å²) in [7, 11) is 0. The van der Waals surface area contributed by atoms with Crippen LogP contribution in [-0.2, 0) is 6.54 Å². The second-order valence-electron chi connectivity index (χ2n) is 4.41. The molecule has 4 nitrogen and oxygen atoms in total. The molecular weight excluding hydrogens is 252 g/mol. The van der Waals surface area contributed by atoms with Gasteiger partial charge >= 0.3 is 0 Å². The maximum absolute atomic E-state index is 10.8. The first-order valence-electron chi connectivity index (χ1n) is 5.98. The van der Waals surface area contributed by atoms with Crippen LogP contribution in [0.3, 0.4) is 0 Å². The first kappa shape index (κ1) is 13.1. The van der Waals surface area contributed by atoms with Crippen molar-refractivity contribution in [2.24, 2.45) is 0 Å². The molecule has 1 N–H and O–H groups in total. The van der Waals surface area contributed by atoms with E-state index < -0.39 is 4.92 Å². The van der Waals surface area contributed by atoms with E-state index in [9.17, 15) is 10.1 Å². The molecular formula is C13H15ClN2O2. The quantitative estimate of drug-likeness (QED) is 0.516. The van der Waals surface area contributed by atoms with Crippen molar-refractivity contribution in [3.8, 4) is 0 Å². The summed E-state index contributed by atoms with van der Waals surface area (Å²) in [6, 6.07) is 5.40. The number of hydrogen-bond donors (Lipinski definition) is 1. The average molecular weight is 267 g/mol. The van der Waals surface area contributed by atoms with Crippen molar-refractivity contribution in [2.75, 3.05) is 0 Å². The first-order chi connectivity index (χ1) is 8.66. The third-order valence-corrected chi connectivity index (χ3v) is 3.39. The van der Waals surface area contributed by atoms with Gasteiger partial charge in [0.1, 0.15) is 5.02 Å². The lowest BCUT2D eigenvalue weighted by atomic mass is 10.0. The van der Waals surface area contributed by atoms with Crippen LogP contribution < -0.4 is 5.32 Å². The van der Waals surface area contributed by atoms with Crippen LogP contribution in [0.15, 0.2) is 30.4 Å². The summed E-state index contributed by atoms with van der Waals surface area (Å²) in [5, 5.41) is 14.4. The molecule has 0 saturated carbocycles. The standard InChI is InChI=1S/C13H15ClN2O2/c14-12-7-6-10(8-13(12)16(17)18)9-15-11-4-2-1-3-5-11/h1-2,6-8,11,15H,3-5,9H2. The van der Waals surface area contributed by atoms with Crippen molar-refractivity contribution >= 4 is 17.3 Å². The normalized spacial score (nSPS) is 18.8. The summed E-state index contributed by atoms with van der Waals surface area (Å²) in [6.45, 7) is 0.635. The molecule has 0 radical (unpaired) electrons. The molecule has 1 atom stereocenters. The fourth-order valence-corrected chi connectivity index (χ4v) is 2.24. The monoisotopic (exact) mass is 266 g/mol. The third kappa shape index (κ3) is 3.31. The molecule has 0 aliphatic heterocycles. The van der Waals surface area contributed by atoms with Crippen LogP contribution in [-0.4, -0.2) is 11.0 Å². The lowest BCUT2D eigenvalue weighted by Crippen LogP contribution is -2.29. The topological polar surface area (TPSA) is 55.2 Å². The van der Waals surface area contributed by atoms with Crippen LogP contribution in [0, 0.1) is 10.1 Å². The highest BCUT2D eigenvalue weighted by Crippen LogP contribution is 2.25. The highest BCUT2D eigenvalue weighted by molar-refractivity contribution is 6.32. The fourth-order valence-electron chi connectivity index (χ4n) is 2.05. The number of nitro benzene ring substituents is 1. The van der Waals surface area contributed by atoms with Crippen LogP contribution in [0.2, 0.25) is 5.02 Å². The number of nitrogens with zero attached hydrogens (tertiary/aromatic N) is 1. The Morgan fingerprint density at radius 3 is 2.94 bits per heavy atom. The number of benzene rings is 1. The minimum absolute atomic E-state index is 0.0282. The van der Waals surface area contributed by atoms with Crippen molar-refractivity contribution < 1.29 is 4.92 Å². The van der Waals surface area contributed by atoms with Gasteiger partial charge in [0.05, 0.1) is 4.92 Å². The van der Waals surface area contributed by atoms with E-state index in [-0.39, 0.29) is 10.7 Å². The molecule has 18 heavy (non-hydrogen) atoms. The van der Waals surface area contributed by atoms with Crippen molar-refractivity contribution in [3.05, 3.63) is 51.1 Å². The third-order valence-electron chi connectivity index (χ3n) is 3.07. The SMILES string of the molecule is O=[N+]([O-])c1cc(CNC2CC=CCC2)ccc1Cl. The Hall–Kier alpha value is -1.39. The van der Waals surface area contributed by atoms with Crippen molar-refractivity contribution in [1.29, 1.82) is 0 Å². The van der Waals surface area contributed by atoms with Gasteiger partial charge in [0.15, 0.2) is 0 Å². The zero-order valence-electron chi connectivity index (χ0n) is 9.93. The molecule has 96 valence electrons. The van der Waals surface area contributed by atoms with E-state index in [0.717, 1.165) is 24.8 Å². The van der Waals surface area contributed by atoms with Gasteiger partial charge < -0.3 is 5.32 Å². The van der Waals surface area contributed by atoms with E-state index in [1.54, 1.807) is 6.07 Å². The van der Waals surface area contributed by atoms with E-state index in [2.05, 4.69) is 17.5 Å². The highest BCUT2D eigenvalue weighted by atomic mass is 35.5. The molecule has 1 aromatic rings. The van der Waals surface area contributed by atoms with Crippen molar-refractivity contribution in [3.63, 3.8) is 0 Å². The lowest BCUT2D eigenvalue weighted by Gasteiger charge is -2.19. The summed E-state index contributed by atoms with van der Waals surface area (Å²) in [5.41, 5.74) is 0.861. The Balaban J connectivity index is 1.99. The van der Waals surface area contributed by atoms with E-state index in [0.29, 0.717) is 12.6 Å². The number of allylic oxidation sites excluding steroid dienone is 1. The Morgan fingerprint density at radius 2 is 2.28 bits per heavy atom. The number of rotatable bonds is 4. The molecule has 0 aromatic heterocycles. The zero-order chi connectivity index (χ0) is 13.0. The summed E-state index contributed by atoms with van der Waals surface area (Å²) < 4.78 is 0. The maximum Gasteiger partial charge on any atom is 0.288 e. The molecule has 1 aliphatic carbocycles. The molecule has 0 saturated heterocycles. The number of nitro groups is 1. The van der Waals surface area contributed by atoms with Gasteiger partial charge in [-0.1, -0.05) is 29.8 Å². The second kappa shape index (κ2) is 5.98. The van der Waals surface area contributed by atoms with Gasteiger partial charge in [0.25, 0.3) is 5.69 Å². The lowest BCUT2D eigenvalue weighted by molar-refractivity contribution is -0.384. The summed E-state index contributed by atoms with van der Waals surface area (Å²) in [5.74, 6) is 0. The average Bonchev–Trinajstić information content (AvgIpc) is 2.38. The molecule has 0 heterocycles. The molecule has 0 amide bonds.